The van der Waals surface area contributed by atoms with E-state index < -0.39 is 0 Å². The molecule has 3 aromatic rings. The van der Waals surface area contributed by atoms with E-state index in [0.29, 0.717) is 0 Å². The number of hydrogen-bond acceptors (Lipinski definition) is 3. The van der Waals surface area contributed by atoms with Gasteiger partial charge in [0, 0.05) is 29.0 Å². The van der Waals surface area contributed by atoms with Crippen molar-refractivity contribution in [3.8, 4) is 11.3 Å². The van der Waals surface area contributed by atoms with Gasteiger partial charge in [-0.25, -0.2) is 0 Å². The minimum atomic E-state index is 0.889. The summed E-state index contributed by atoms with van der Waals surface area (Å²) in [7, 11) is 0. The number of aromatic amines is 1. The molecule has 20 heavy (non-hydrogen) atoms. The van der Waals surface area contributed by atoms with E-state index in [4.69, 9.17) is 0 Å². The Balaban J connectivity index is 1.56. The maximum atomic E-state index is 3.97. The van der Waals surface area contributed by atoms with Crippen LogP contribution in [0, 0.1) is 6.92 Å². The van der Waals surface area contributed by atoms with E-state index in [0.717, 1.165) is 18.8 Å². The molecule has 3 rings (SSSR count). The molecule has 0 aliphatic carbocycles. The fourth-order valence-corrected chi connectivity index (χ4v) is 2.99. The van der Waals surface area contributed by atoms with E-state index in [-0.39, 0.29) is 0 Å². The van der Waals surface area contributed by atoms with Crippen molar-refractivity contribution in [2.45, 2.75) is 20.0 Å². The molecule has 0 unspecified atom stereocenters. The third-order valence-electron chi connectivity index (χ3n) is 3.19. The van der Waals surface area contributed by atoms with E-state index in [9.17, 15) is 0 Å². The van der Waals surface area contributed by atoms with Gasteiger partial charge in [-0.05, 0) is 36.2 Å². The first kappa shape index (κ1) is 13.1. The van der Waals surface area contributed by atoms with E-state index in [1.165, 1.54) is 20.9 Å². The molecule has 0 amide bonds. The number of benzene rings is 1. The van der Waals surface area contributed by atoms with Crippen LogP contribution in [0.15, 0.2) is 48.7 Å². The molecule has 0 fully saturated rings. The lowest BCUT2D eigenvalue weighted by Crippen LogP contribution is -2.11. The average molecular weight is 283 g/mol. The van der Waals surface area contributed by atoms with Crippen LogP contribution >= 0.6 is 11.3 Å². The summed E-state index contributed by atoms with van der Waals surface area (Å²) in [5, 5.41) is 10.4. The van der Waals surface area contributed by atoms with Gasteiger partial charge >= 0.3 is 0 Å². The summed E-state index contributed by atoms with van der Waals surface area (Å²) < 4.78 is 0. The molecule has 2 heterocycles. The Kier molecular flexibility index (Phi) is 3.95. The van der Waals surface area contributed by atoms with Gasteiger partial charge in [0.2, 0.25) is 0 Å². The maximum absolute atomic E-state index is 3.97. The van der Waals surface area contributed by atoms with Crippen molar-refractivity contribution in [1.29, 1.82) is 0 Å². The first-order valence-electron chi connectivity index (χ1n) is 6.66. The SMILES string of the molecule is Cc1ccc(CNCc2ccc(-c3ccn[nH]3)cc2)s1. The summed E-state index contributed by atoms with van der Waals surface area (Å²) in [6.07, 6.45) is 1.77. The number of aromatic nitrogens is 2. The Hall–Kier alpha value is -1.91. The molecule has 0 saturated carbocycles. The van der Waals surface area contributed by atoms with Gasteiger partial charge in [0.1, 0.15) is 0 Å². The van der Waals surface area contributed by atoms with Gasteiger partial charge in [-0.2, -0.15) is 5.10 Å². The molecule has 1 aromatic carbocycles. The van der Waals surface area contributed by atoms with Gasteiger partial charge in [-0.3, -0.25) is 5.10 Å². The predicted octanol–water partition coefficient (Wildman–Crippen LogP) is 3.74. The standard InChI is InChI=1S/C16H17N3S/c1-12-2-7-15(20-12)11-17-10-13-3-5-14(6-4-13)16-8-9-18-19-16/h2-9,17H,10-11H2,1H3,(H,18,19). The number of rotatable bonds is 5. The zero-order valence-corrected chi connectivity index (χ0v) is 12.2. The smallest absolute Gasteiger partial charge is 0.0650 e. The third-order valence-corrected chi connectivity index (χ3v) is 4.19. The molecule has 0 aliphatic heterocycles. The van der Waals surface area contributed by atoms with Crippen LogP contribution in [0.1, 0.15) is 15.3 Å². The molecule has 102 valence electrons. The van der Waals surface area contributed by atoms with Crippen molar-refractivity contribution >= 4 is 11.3 Å². The highest BCUT2D eigenvalue weighted by Crippen LogP contribution is 2.17. The van der Waals surface area contributed by atoms with E-state index in [1.54, 1.807) is 6.20 Å². The summed E-state index contributed by atoms with van der Waals surface area (Å²) in [6.45, 7) is 3.96. The fourth-order valence-electron chi connectivity index (χ4n) is 2.13. The number of nitrogens with zero attached hydrogens (tertiary/aromatic N) is 1. The summed E-state index contributed by atoms with van der Waals surface area (Å²) >= 11 is 1.85. The van der Waals surface area contributed by atoms with Crippen LogP contribution in [-0.2, 0) is 13.1 Å². The molecule has 3 nitrogen and oxygen atoms in total. The molecular formula is C16H17N3S. The lowest BCUT2D eigenvalue weighted by atomic mass is 10.1. The van der Waals surface area contributed by atoms with Crippen LogP contribution in [0.25, 0.3) is 11.3 Å². The normalized spacial score (nSPS) is 10.8. The second kappa shape index (κ2) is 6.03. The number of nitrogens with one attached hydrogen (secondary N) is 2. The minimum Gasteiger partial charge on any atom is -0.308 e. The summed E-state index contributed by atoms with van der Waals surface area (Å²) in [4.78, 5) is 2.75. The van der Waals surface area contributed by atoms with Crippen molar-refractivity contribution in [3.05, 3.63) is 64.0 Å². The first-order chi connectivity index (χ1) is 9.81. The summed E-state index contributed by atoms with van der Waals surface area (Å²) in [6, 6.07) is 14.9. The Morgan fingerprint density at radius 1 is 1.05 bits per heavy atom. The van der Waals surface area contributed by atoms with Gasteiger partial charge < -0.3 is 5.32 Å². The number of aryl methyl sites for hydroxylation is 1. The van der Waals surface area contributed by atoms with Gasteiger partial charge in [-0.15, -0.1) is 11.3 Å². The van der Waals surface area contributed by atoms with Crippen LogP contribution in [0.5, 0.6) is 0 Å². The summed E-state index contributed by atoms with van der Waals surface area (Å²) in [5.74, 6) is 0. The molecule has 0 bridgehead atoms. The Bertz CT molecular complexity index is 653. The number of thiophene rings is 1. The zero-order valence-electron chi connectivity index (χ0n) is 11.4. The van der Waals surface area contributed by atoms with Crippen LogP contribution in [0.3, 0.4) is 0 Å². The average Bonchev–Trinajstić information content (AvgIpc) is 3.11. The highest BCUT2D eigenvalue weighted by atomic mass is 32.1. The monoisotopic (exact) mass is 283 g/mol. The largest absolute Gasteiger partial charge is 0.308 e. The van der Waals surface area contributed by atoms with Crippen LogP contribution < -0.4 is 5.32 Å². The van der Waals surface area contributed by atoms with Crippen LogP contribution in [0.2, 0.25) is 0 Å². The van der Waals surface area contributed by atoms with Gasteiger partial charge in [-0.1, -0.05) is 24.3 Å². The maximum Gasteiger partial charge on any atom is 0.0650 e. The van der Waals surface area contributed by atoms with Crippen molar-refractivity contribution < 1.29 is 0 Å². The van der Waals surface area contributed by atoms with Gasteiger partial charge in [0.05, 0.1) is 5.69 Å². The zero-order chi connectivity index (χ0) is 13.8. The lowest BCUT2D eigenvalue weighted by molar-refractivity contribution is 0.701. The topological polar surface area (TPSA) is 40.7 Å². The molecule has 0 spiro atoms. The third kappa shape index (κ3) is 3.15. The Morgan fingerprint density at radius 2 is 1.90 bits per heavy atom. The van der Waals surface area contributed by atoms with Crippen molar-refractivity contribution in [1.82, 2.24) is 15.5 Å². The molecular weight excluding hydrogens is 266 g/mol. The van der Waals surface area contributed by atoms with E-state index in [2.05, 4.69) is 58.8 Å². The highest BCUT2D eigenvalue weighted by Gasteiger charge is 2.00. The molecule has 0 radical (unpaired) electrons. The first-order valence-corrected chi connectivity index (χ1v) is 7.47. The number of hydrogen-bond donors (Lipinski definition) is 2. The lowest BCUT2D eigenvalue weighted by Gasteiger charge is -2.04. The number of H-pyrrole nitrogens is 1. The molecule has 4 heteroatoms. The summed E-state index contributed by atoms with van der Waals surface area (Å²) in [5.41, 5.74) is 3.51. The second-order valence-electron chi connectivity index (χ2n) is 4.78. The van der Waals surface area contributed by atoms with Crippen LogP contribution in [0.4, 0.5) is 0 Å². The van der Waals surface area contributed by atoms with E-state index >= 15 is 0 Å². The van der Waals surface area contributed by atoms with Gasteiger partial charge in [0.15, 0.2) is 0 Å². The predicted molar refractivity (Wildman–Crippen MR) is 83.6 cm³/mol. The van der Waals surface area contributed by atoms with Crippen molar-refractivity contribution in [3.63, 3.8) is 0 Å². The fraction of sp³-hybridized carbons (Fsp3) is 0.188. The molecule has 2 aromatic heterocycles. The molecule has 0 saturated heterocycles. The van der Waals surface area contributed by atoms with Crippen LogP contribution in [-0.4, -0.2) is 10.2 Å². The van der Waals surface area contributed by atoms with Crippen molar-refractivity contribution in [2.24, 2.45) is 0 Å². The Labute approximate surface area is 122 Å². The minimum absolute atomic E-state index is 0.889. The van der Waals surface area contributed by atoms with Gasteiger partial charge in [0.25, 0.3) is 0 Å². The molecule has 2 N–H and O–H groups in total. The van der Waals surface area contributed by atoms with Crippen molar-refractivity contribution in [2.75, 3.05) is 0 Å². The molecule has 0 aliphatic rings. The highest BCUT2D eigenvalue weighted by molar-refractivity contribution is 7.11. The molecule has 0 atom stereocenters. The Morgan fingerprint density at radius 3 is 2.55 bits per heavy atom. The second-order valence-corrected chi connectivity index (χ2v) is 6.16. The van der Waals surface area contributed by atoms with E-state index in [1.807, 2.05) is 17.4 Å². The quantitative estimate of drug-likeness (QED) is 0.749.